The molecule has 1 saturated heterocycles. The van der Waals surface area contributed by atoms with E-state index in [2.05, 4.69) is 32.4 Å². The first-order valence-electron chi connectivity index (χ1n) is 10.3. The summed E-state index contributed by atoms with van der Waals surface area (Å²) in [6.07, 6.45) is 3.95. The van der Waals surface area contributed by atoms with Gasteiger partial charge in [-0.3, -0.25) is 19.4 Å². The van der Waals surface area contributed by atoms with Crippen molar-refractivity contribution in [1.29, 1.82) is 0 Å². The Hall–Kier alpha value is -2.58. The van der Waals surface area contributed by atoms with Crippen LogP contribution in [0.5, 0.6) is 0 Å². The van der Waals surface area contributed by atoms with E-state index in [4.69, 9.17) is 23.2 Å². The largest absolute Gasteiger partial charge is 0.339 e. The topological polar surface area (TPSA) is 107 Å². The maximum absolute atomic E-state index is 13.0. The third kappa shape index (κ3) is 4.55. The highest BCUT2D eigenvalue weighted by atomic mass is 35.5. The number of nitrogens with one attached hydrogen (secondary N) is 3. The minimum Gasteiger partial charge on any atom is -0.339 e. The molecule has 31 heavy (non-hydrogen) atoms. The number of hydrogen-bond acceptors (Lipinski definition) is 5. The summed E-state index contributed by atoms with van der Waals surface area (Å²) < 4.78 is 0. The fourth-order valence-electron chi connectivity index (χ4n) is 4.28. The second-order valence-corrected chi connectivity index (χ2v) is 8.73. The van der Waals surface area contributed by atoms with Gasteiger partial charge in [0.15, 0.2) is 0 Å². The molecule has 1 fully saturated rings. The van der Waals surface area contributed by atoms with Crippen molar-refractivity contribution in [2.24, 2.45) is 0 Å². The lowest BCUT2D eigenvalue weighted by Gasteiger charge is -2.36. The van der Waals surface area contributed by atoms with Crippen molar-refractivity contribution in [3.63, 3.8) is 0 Å². The summed E-state index contributed by atoms with van der Waals surface area (Å²) in [4.78, 5) is 47.7. The average molecular weight is 464 g/mol. The molecule has 0 spiro atoms. The number of halogens is 2. The molecule has 4 rings (SSSR count). The van der Waals surface area contributed by atoms with Gasteiger partial charge in [0.05, 0.1) is 11.5 Å². The van der Waals surface area contributed by atoms with Gasteiger partial charge in [0.25, 0.3) is 5.56 Å². The van der Waals surface area contributed by atoms with Crippen LogP contribution in [-0.2, 0) is 9.59 Å². The molecule has 1 aromatic carbocycles. The van der Waals surface area contributed by atoms with Crippen LogP contribution in [0.1, 0.15) is 50.5 Å². The Morgan fingerprint density at radius 3 is 2.68 bits per heavy atom. The number of H-pyrrole nitrogens is 1. The quantitative estimate of drug-likeness (QED) is 0.636. The maximum atomic E-state index is 13.0. The number of piperidine rings is 1. The SMILES string of the molecule is CC[C@H]1CCCCN1c1nc2c(c(=O)[nH]1)[C@@H](C(=O)Nc1cc(Cl)cc(Cl)c1)CC(=O)N2. The molecule has 2 aliphatic rings. The lowest BCUT2D eigenvalue weighted by Crippen LogP contribution is -2.43. The van der Waals surface area contributed by atoms with E-state index in [1.165, 1.54) is 0 Å². The fourth-order valence-corrected chi connectivity index (χ4v) is 4.80. The highest BCUT2D eigenvalue weighted by molar-refractivity contribution is 6.35. The van der Waals surface area contributed by atoms with E-state index in [0.29, 0.717) is 21.7 Å². The molecule has 0 radical (unpaired) electrons. The number of aromatic nitrogens is 2. The third-order valence-corrected chi connectivity index (χ3v) is 6.19. The predicted octanol–water partition coefficient (Wildman–Crippen LogP) is 3.91. The molecule has 2 amide bonds. The normalized spacial score (nSPS) is 20.7. The first-order valence-corrected chi connectivity index (χ1v) is 11.1. The summed E-state index contributed by atoms with van der Waals surface area (Å²) in [5.74, 6) is -1.28. The van der Waals surface area contributed by atoms with E-state index in [9.17, 15) is 14.4 Å². The second kappa shape index (κ2) is 8.88. The Bertz CT molecular complexity index is 1070. The smallest absolute Gasteiger partial charge is 0.258 e. The van der Waals surface area contributed by atoms with Gasteiger partial charge in [-0.15, -0.1) is 0 Å². The van der Waals surface area contributed by atoms with Crippen molar-refractivity contribution in [3.8, 4) is 0 Å². The molecule has 10 heteroatoms. The first-order chi connectivity index (χ1) is 14.9. The second-order valence-electron chi connectivity index (χ2n) is 7.86. The Morgan fingerprint density at radius 2 is 1.97 bits per heavy atom. The summed E-state index contributed by atoms with van der Waals surface area (Å²) >= 11 is 12.0. The molecular weight excluding hydrogens is 441 g/mol. The van der Waals surface area contributed by atoms with Gasteiger partial charge in [-0.1, -0.05) is 30.1 Å². The van der Waals surface area contributed by atoms with Crippen LogP contribution in [0.25, 0.3) is 0 Å². The molecule has 0 unspecified atom stereocenters. The molecule has 0 saturated carbocycles. The first kappa shape index (κ1) is 21.6. The number of carbonyl (C=O) groups is 2. The van der Waals surface area contributed by atoms with E-state index in [0.717, 1.165) is 32.2 Å². The van der Waals surface area contributed by atoms with Gasteiger partial charge in [0, 0.05) is 34.7 Å². The van der Waals surface area contributed by atoms with Gasteiger partial charge in [0.2, 0.25) is 17.8 Å². The van der Waals surface area contributed by atoms with Crippen LogP contribution in [0, 0.1) is 0 Å². The van der Waals surface area contributed by atoms with E-state index in [-0.39, 0.29) is 29.8 Å². The van der Waals surface area contributed by atoms with Gasteiger partial charge in [-0.05, 0) is 43.9 Å². The highest BCUT2D eigenvalue weighted by Crippen LogP contribution is 2.32. The van der Waals surface area contributed by atoms with Crippen LogP contribution in [0.15, 0.2) is 23.0 Å². The molecule has 0 aliphatic carbocycles. The van der Waals surface area contributed by atoms with Crippen LogP contribution in [-0.4, -0.2) is 34.4 Å². The van der Waals surface area contributed by atoms with Gasteiger partial charge < -0.3 is 15.5 Å². The number of carbonyl (C=O) groups excluding carboxylic acids is 2. The number of nitrogens with zero attached hydrogens (tertiary/aromatic N) is 2. The molecule has 8 nitrogen and oxygen atoms in total. The zero-order chi connectivity index (χ0) is 22.1. The predicted molar refractivity (Wildman–Crippen MR) is 121 cm³/mol. The Kier molecular flexibility index (Phi) is 6.20. The minimum absolute atomic E-state index is 0.139. The minimum atomic E-state index is -0.977. The maximum Gasteiger partial charge on any atom is 0.258 e. The van der Waals surface area contributed by atoms with Crippen molar-refractivity contribution in [3.05, 3.63) is 44.2 Å². The van der Waals surface area contributed by atoms with E-state index < -0.39 is 17.4 Å². The summed E-state index contributed by atoms with van der Waals surface area (Å²) in [5.41, 5.74) is 0.110. The van der Waals surface area contributed by atoms with Crippen molar-refractivity contribution in [1.82, 2.24) is 9.97 Å². The van der Waals surface area contributed by atoms with Crippen molar-refractivity contribution in [2.45, 2.75) is 51.0 Å². The molecule has 1 aromatic heterocycles. The number of fused-ring (bicyclic) bond motifs is 1. The van der Waals surface area contributed by atoms with Gasteiger partial charge in [0.1, 0.15) is 5.82 Å². The summed E-state index contributed by atoms with van der Waals surface area (Å²) in [7, 11) is 0. The Balaban J connectivity index is 1.66. The summed E-state index contributed by atoms with van der Waals surface area (Å²) in [6, 6.07) is 4.91. The fraction of sp³-hybridized carbons (Fsp3) is 0.429. The van der Waals surface area contributed by atoms with Gasteiger partial charge in [-0.2, -0.15) is 4.98 Å². The van der Waals surface area contributed by atoms with Gasteiger partial charge in [-0.25, -0.2) is 0 Å². The van der Waals surface area contributed by atoms with E-state index >= 15 is 0 Å². The summed E-state index contributed by atoms with van der Waals surface area (Å²) in [6.45, 7) is 2.89. The Labute approximate surface area is 189 Å². The van der Waals surface area contributed by atoms with Crippen LogP contribution >= 0.6 is 23.2 Å². The summed E-state index contributed by atoms with van der Waals surface area (Å²) in [5, 5.41) is 6.08. The van der Waals surface area contributed by atoms with Crippen LogP contribution in [0.2, 0.25) is 10.0 Å². The molecule has 3 N–H and O–H groups in total. The molecule has 2 aliphatic heterocycles. The number of hydrogen-bond donors (Lipinski definition) is 3. The van der Waals surface area contributed by atoms with E-state index in [1.54, 1.807) is 18.2 Å². The number of anilines is 3. The zero-order valence-electron chi connectivity index (χ0n) is 17.0. The number of benzene rings is 1. The van der Waals surface area contributed by atoms with Crippen LogP contribution in [0.4, 0.5) is 17.5 Å². The van der Waals surface area contributed by atoms with Gasteiger partial charge >= 0.3 is 0 Å². The zero-order valence-corrected chi connectivity index (χ0v) is 18.5. The molecule has 3 heterocycles. The average Bonchev–Trinajstić information content (AvgIpc) is 2.71. The van der Waals surface area contributed by atoms with Crippen LogP contribution < -0.4 is 21.1 Å². The monoisotopic (exact) mass is 463 g/mol. The lowest BCUT2D eigenvalue weighted by atomic mass is 9.92. The molecule has 0 bridgehead atoms. The Morgan fingerprint density at radius 1 is 1.23 bits per heavy atom. The lowest BCUT2D eigenvalue weighted by molar-refractivity contribution is -0.123. The highest BCUT2D eigenvalue weighted by Gasteiger charge is 2.36. The number of amides is 2. The van der Waals surface area contributed by atoms with Crippen molar-refractivity contribution in [2.75, 3.05) is 22.1 Å². The number of rotatable bonds is 4. The molecule has 2 aromatic rings. The molecular formula is C21H23Cl2N5O3. The number of aromatic amines is 1. The van der Waals surface area contributed by atoms with E-state index in [1.807, 2.05) is 0 Å². The molecule has 164 valence electrons. The third-order valence-electron chi connectivity index (χ3n) is 5.76. The van der Waals surface area contributed by atoms with Crippen molar-refractivity contribution < 1.29 is 9.59 Å². The molecule has 2 atom stereocenters. The van der Waals surface area contributed by atoms with Crippen LogP contribution in [0.3, 0.4) is 0 Å². The van der Waals surface area contributed by atoms with Crippen molar-refractivity contribution >= 4 is 52.5 Å². The standard InChI is InChI=1S/C21H23Cl2N5O3/c1-2-14-5-3-4-6-28(14)21-26-18-17(20(31)27-21)15(10-16(29)25-18)19(30)24-13-8-11(22)7-12(23)9-13/h7-9,14-15H,2-6,10H2,1H3,(H,24,30)(H2,25,26,27,29,31)/t14-,15-/m0/s1.